The fourth-order valence-electron chi connectivity index (χ4n) is 2.92. The molecule has 0 radical (unpaired) electrons. The largest absolute Gasteiger partial charge is 0.319 e. The summed E-state index contributed by atoms with van der Waals surface area (Å²) in [6.45, 7) is 4.37. The maximum absolute atomic E-state index is 6.43. The van der Waals surface area contributed by atoms with Gasteiger partial charge >= 0.3 is 0 Å². The van der Waals surface area contributed by atoms with Crippen molar-refractivity contribution in [3.8, 4) is 0 Å². The van der Waals surface area contributed by atoms with Gasteiger partial charge in [0.25, 0.3) is 0 Å². The molecule has 0 saturated carbocycles. The molecule has 3 rings (SSSR count). The van der Waals surface area contributed by atoms with E-state index in [1.54, 1.807) is 0 Å². The van der Waals surface area contributed by atoms with Gasteiger partial charge in [0.2, 0.25) is 0 Å². The van der Waals surface area contributed by atoms with Crippen molar-refractivity contribution in [1.29, 1.82) is 0 Å². The number of nitrogens with one attached hydrogen (secondary N) is 1. The van der Waals surface area contributed by atoms with E-state index in [2.05, 4.69) is 35.0 Å². The molecule has 2 nitrogen and oxygen atoms in total. The van der Waals surface area contributed by atoms with E-state index in [4.69, 9.17) is 11.6 Å². The first-order chi connectivity index (χ1) is 8.29. The average molecular weight is 249 g/mol. The van der Waals surface area contributed by atoms with Crippen LogP contribution >= 0.6 is 11.6 Å². The Labute approximate surface area is 107 Å². The molecule has 90 valence electrons. The normalized spacial score (nSPS) is 17.8. The van der Waals surface area contributed by atoms with Crippen molar-refractivity contribution in [2.75, 3.05) is 13.1 Å². The lowest BCUT2D eigenvalue weighted by Gasteiger charge is -2.23. The molecule has 0 aromatic carbocycles. The number of nitrogens with zero attached hydrogens (tertiary/aromatic N) is 1. The molecule has 0 amide bonds. The van der Waals surface area contributed by atoms with Gasteiger partial charge in [-0.15, -0.1) is 0 Å². The molecule has 2 aromatic heterocycles. The Bertz CT molecular complexity index is 538. The number of hydrogen-bond acceptors (Lipinski definition) is 1. The number of fused-ring (bicyclic) bond motifs is 1. The molecule has 0 spiro atoms. The quantitative estimate of drug-likeness (QED) is 0.819. The first kappa shape index (κ1) is 11.1. The van der Waals surface area contributed by atoms with Gasteiger partial charge in [0.05, 0.1) is 10.5 Å². The van der Waals surface area contributed by atoms with Crippen molar-refractivity contribution >= 4 is 17.1 Å². The number of halogens is 1. The molecule has 0 atom stereocenters. The summed E-state index contributed by atoms with van der Waals surface area (Å²) in [7, 11) is 0. The van der Waals surface area contributed by atoms with Crippen LogP contribution in [0.4, 0.5) is 0 Å². The van der Waals surface area contributed by atoms with Gasteiger partial charge in [0.1, 0.15) is 0 Å². The Kier molecular flexibility index (Phi) is 2.85. The second-order valence-corrected chi connectivity index (χ2v) is 5.18. The second-order valence-electron chi connectivity index (χ2n) is 4.80. The molecule has 1 fully saturated rings. The van der Waals surface area contributed by atoms with Crippen LogP contribution in [0.1, 0.15) is 30.0 Å². The molecule has 2 aromatic rings. The highest BCUT2D eigenvalue weighted by molar-refractivity contribution is 6.34. The third kappa shape index (κ3) is 1.76. The van der Waals surface area contributed by atoms with E-state index >= 15 is 0 Å². The molecule has 1 N–H and O–H groups in total. The van der Waals surface area contributed by atoms with E-state index in [1.807, 2.05) is 6.07 Å². The zero-order valence-electron chi connectivity index (χ0n) is 10.0. The van der Waals surface area contributed by atoms with Gasteiger partial charge in [-0.2, -0.15) is 0 Å². The van der Waals surface area contributed by atoms with E-state index in [-0.39, 0.29) is 0 Å². The van der Waals surface area contributed by atoms with Crippen LogP contribution in [-0.4, -0.2) is 17.5 Å². The zero-order valence-corrected chi connectivity index (χ0v) is 10.8. The van der Waals surface area contributed by atoms with Crippen LogP contribution in [0, 0.1) is 6.92 Å². The molecule has 3 heterocycles. The Morgan fingerprint density at radius 3 is 2.82 bits per heavy atom. The van der Waals surface area contributed by atoms with Gasteiger partial charge in [-0.05, 0) is 50.6 Å². The van der Waals surface area contributed by atoms with Crippen LogP contribution in [0.2, 0.25) is 5.02 Å². The van der Waals surface area contributed by atoms with Gasteiger partial charge < -0.3 is 9.72 Å². The third-order valence-electron chi connectivity index (χ3n) is 3.78. The zero-order chi connectivity index (χ0) is 11.8. The average Bonchev–Trinajstić information content (AvgIpc) is 2.64. The summed E-state index contributed by atoms with van der Waals surface area (Å²) in [5.41, 5.74) is 3.80. The van der Waals surface area contributed by atoms with Gasteiger partial charge in [-0.1, -0.05) is 17.7 Å². The summed E-state index contributed by atoms with van der Waals surface area (Å²) in [5.74, 6) is 0.638. The smallest absolute Gasteiger partial charge is 0.0693 e. The van der Waals surface area contributed by atoms with E-state index in [0.29, 0.717) is 5.92 Å². The summed E-state index contributed by atoms with van der Waals surface area (Å²) in [6, 6.07) is 6.22. The van der Waals surface area contributed by atoms with Gasteiger partial charge in [0.15, 0.2) is 0 Å². The number of piperidine rings is 1. The topological polar surface area (TPSA) is 16.4 Å². The van der Waals surface area contributed by atoms with Gasteiger partial charge in [-0.25, -0.2) is 0 Å². The molecule has 17 heavy (non-hydrogen) atoms. The van der Waals surface area contributed by atoms with Crippen molar-refractivity contribution in [3.63, 3.8) is 0 Å². The lowest BCUT2D eigenvalue weighted by molar-refractivity contribution is 0.450. The SMILES string of the molecule is Cc1c(Cl)c2ccccn2c1C1CCNCC1. The standard InChI is InChI=1S/C14H17ClN2/c1-10-13(15)12-4-2-3-9-17(12)14(10)11-5-7-16-8-6-11/h2-4,9,11,16H,5-8H2,1H3. The Morgan fingerprint density at radius 1 is 1.29 bits per heavy atom. The first-order valence-corrected chi connectivity index (χ1v) is 6.62. The maximum atomic E-state index is 6.43. The minimum absolute atomic E-state index is 0.638. The van der Waals surface area contributed by atoms with E-state index in [1.165, 1.54) is 24.1 Å². The minimum atomic E-state index is 0.638. The van der Waals surface area contributed by atoms with Crippen LogP contribution in [0.25, 0.3) is 5.52 Å². The van der Waals surface area contributed by atoms with Gasteiger partial charge in [-0.3, -0.25) is 0 Å². The molecular weight excluding hydrogens is 232 g/mol. The third-order valence-corrected chi connectivity index (χ3v) is 4.26. The number of aromatic nitrogens is 1. The first-order valence-electron chi connectivity index (χ1n) is 6.25. The predicted molar refractivity (Wildman–Crippen MR) is 72.0 cm³/mol. The molecule has 1 saturated heterocycles. The van der Waals surface area contributed by atoms with Crippen molar-refractivity contribution in [1.82, 2.24) is 9.72 Å². The number of pyridine rings is 1. The molecule has 0 aliphatic carbocycles. The highest BCUT2D eigenvalue weighted by Gasteiger charge is 2.22. The van der Waals surface area contributed by atoms with E-state index in [0.717, 1.165) is 23.6 Å². The molecular formula is C14H17ClN2. The Morgan fingerprint density at radius 2 is 2.06 bits per heavy atom. The summed E-state index contributed by atoms with van der Waals surface area (Å²) < 4.78 is 2.27. The highest BCUT2D eigenvalue weighted by atomic mass is 35.5. The van der Waals surface area contributed by atoms with Crippen LogP contribution in [0.3, 0.4) is 0 Å². The molecule has 3 heteroatoms. The summed E-state index contributed by atoms with van der Waals surface area (Å²) in [4.78, 5) is 0. The monoisotopic (exact) mass is 248 g/mol. The molecule has 1 aliphatic rings. The van der Waals surface area contributed by atoms with Crippen molar-refractivity contribution in [3.05, 3.63) is 40.7 Å². The fraction of sp³-hybridized carbons (Fsp3) is 0.429. The molecule has 0 unspecified atom stereocenters. The lowest BCUT2D eigenvalue weighted by atomic mass is 9.92. The summed E-state index contributed by atoms with van der Waals surface area (Å²) >= 11 is 6.43. The Balaban J connectivity index is 2.17. The maximum Gasteiger partial charge on any atom is 0.0693 e. The van der Waals surface area contributed by atoms with Crippen LogP contribution in [0.5, 0.6) is 0 Å². The van der Waals surface area contributed by atoms with Crippen LogP contribution in [0.15, 0.2) is 24.4 Å². The second kappa shape index (κ2) is 4.35. The molecule has 1 aliphatic heterocycles. The fourth-order valence-corrected chi connectivity index (χ4v) is 3.17. The number of rotatable bonds is 1. The molecule has 0 bridgehead atoms. The summed E-state index contributed by atoms with van der Waals surface area (Å²) in [6.07, 6.45) is 4.54. The predicted octanol–water partition coefficient (Wildman–Crippen LogP) is 3.37. The highest BCUT2D eigenvalue weighted by Crippen LogP contribution is 2.35. The van der Waals surface area contributed by atoms with E-state index in [9.17, 15) is 0 Å². The van der Waals surface area contributed by atoms with Crippen molar-refractivity contribution < 1.29 is 0 Å². The lowest BCUT2D eigenvalue weighted by Crippen LogP contribution is -2.27. The van der Waals surface area contributed by atoms with Crippen LogP contribution in [-0.2, 0) is 0 Å². The minimum Gasteiger partial charge on any atom is -0.319 e. The summed E-state index contributed by atoms with van der Waals surface area (Å²) in [5, 5.41) is 4.33. The van der Waals surface area contributed by atoms with Crippen molar-refractivity contribution in [2.45, 2.75) is 25.7 Å². The van der Waals surface area contributed by atoms with Crippen molar-refractivity contribution in [2.24, 2.45) is 0 Å². The Hall–Kier alpha value is -0.990. The number of hydrogen-bond donors (Lipinski definition) is 1. The van der Waals surface area contributed by atoms with Gasteiger partial charge in [0, 0.05) is 17.8 Å². The van der Waals surface area contributed by atoms with Crippen LogP contribution < -0.4 is 5.32 Å². The van der Waals surface area contributed by atoms with E-state index < -0.39 is 0 Å².